The van der Waals surface area contributed by atoms with Gasteiger partial charge in [0.2, 0.25) is 5.91 Å². The fourth-order valence-electron chi connectivity index (χ4n) is 3.19. The molecule has 1 unspecified atom stereocenters. The van der Waals surface area contributed by atoms with Crippen molar-refractivity contribution in [2.24, 2.45) is 7.05 Å². The van der Waals surface area contributed by atoms with Crippen molar-refractivity contribution in [2.75, 3.05) is 7.11 Å². The first-order valence-corrected chi connectivity index (χ1v) is 10.7. The first-order chi connectivity index (χ1) is 15.5. The van der Waals surface area contributed by atoms with Crippen molar-refractivity contribution in [1.82, 2.24) is 19.9 Å². The van der Waals surface area contributed by atoms with Gasteiger partial charge in [-0.05, 0) is 48.0 Å². The van der Waals surface area contributed by atoms with E-state index in [4.69, 9.17) is 4.74 Å². The summed E-state index contributed by atoms with van der Waals surface area (Å²) in [6.07, 6.45) is 6.63. The van der Waals surface area contributed by atoms with E-state index < -0.39 is 6.04 Å². The fourth-order valence-corrected chi connectivity index (χ4v) is 3.98. The number of carbonyl (C=O) groups is 1. The quantitative estimate of drug-likeness (QED) is 0.419. The zero-order valence-corrected chi connectivity index (χ0v) is 18.3. The highest BCUT2D eigenvalue weighted by atomic mass is 32.1. The second kappa shape index (κ2) is 9.57. The summed E-state index contributed by atoms with van der Waals surface area (Å²) in [6.45, 7) is 0. The van der Waals surface area contributed by atoms with Crippen LogP contribution >= 0.6 is 11.3 Å². The van der Waals surface area contributed by atoms with Crippen LogP contribution in [-0.2, 0) is 11.8 Å². The molecule has 2 aromatic carbocycles. The molecule has 0 aliphatic rings. The maximum atomic E-state index is 13.1. The summed E-state index contributed by atoms with van der Waals surface area (Å²) in [5.74, 6) is 0.884. The molecule has 2 aromatic heterocycles. The van der Waals surface area contributed by atoms with Crippen molar-refractivity contribution < 1.29 is 13.9 Å². The third-order valence-electron chi connectivity index (χ3n) is 4.87. The summed E-state index contributed by atoms with van der Waals surface area (Å²) in [7, 11) is 3.49. The average Bonchev–Trinajstić information content (AvgIpc) is 3.46. The summed E-state index contributed by atoms with van der Waals surface area (Å²) in [4.78, 5) is 21.6. The Morgan fingerprint density at radius 1 is 1.19 bits per heavy atom. The van der Waals surface area contributed by atoms with Crippen LogP contribution < -0.4 is 10.1 Å². The van der Waals surface area contributed by atoms with Crippen LogP contribution in [0.3, 0.4) is 0 Å². The van der Waals surface area contributed by atoms with E-state index in [2.05, 4.69) is 15.3 Å². The van der Waals surface area contributed by atoms with E-state index in [0.717, 1.165) is 21.9 Å². The largest absolute Gasteiger partial charge is 0.497 e. The number of aromatic nitrogens is 3. The Hall–Kier alpha value is -3.78. The third kappa shape index (κ3) is 4.92. The molecule has 8 heteroatoms. The third-order valence-corrected chi connectivity index (χ3v) is 5.78. The lowest BCUT2D eigenvalue weighted by Crippen LogP contribution is -2.29. The van der Waals surface area contributed by atoms with E-state index in [1.807, 2.05) is 47.5 Å². The molecule has 4 aromatic rings. The van der Waals surface area contributed by atoms with E-state index in [-0.39, 0.29) is 11.7 Å². The summed E-state index contributed by atoms with van der Waals surface area (Å²) in [6, 6.07) is 13.2. The van der Waals surface area contributed by atoms with Gasteiger partial charge in [0.25, 0.3) is 0 Å². The second-order valence-corrected chi connectivity index (χ2v) is 7.89. The predicted molar refractivity (Wildman–Crippen MR) is 123 cm³/mol. The number of hydrogen-bond acceptors (Lipinski definition) is 5. The lowest BCUT2D eigenvalue weighted by molar-refractivity contribution is -0.117. The van der Waals surface area contributed by atoms with E-state index in [9.17, 15) is 9.18 Å². The second-order valence-electron chi connectivity index (χ2n) is 7.03. The van der Waals surface area contributed by atoms with Gasteiger partial charge in [-0.25, -0.2) is 14.4 Å². The number of amides is 1. The Morgan fingerprint density at radius 2 is 1.94 bits per heavy atom. The van der Waals surface area contributed by atoms with E-state index in [0.29, 0.717) is 11.5 Å². The summed E-state index contributed by atoms with van der Waals surface area (Å²) >= 11 is 1.43. The van der Waals surface area contributed by atoms with Crippen LogP contribution in [0.25, 0.3) is 16.6 Å². The SMILES string of the molecule is COc1ccc(C(NC(=O)/C=C/c2csc(-c3ccc(F)cc3)n2)c2nccn2C)cc1. The van der Waals surface area contributed by atoms with Crippen molar-refractivity contribution in [2.45, 2.75) is 6.04 Å². The normalized spacial score (nSPS) is 12.1. The number of nitrogens with one attached hydrogen (secondary N) is 1. The molecule has 0 aliphatic heterocycles. The Bertz CT molecular complexity index is 1230. The van der Waals surface area contributed by atoms with Crippen molar-refractivity contribution in [3.05, 3.63) is 95.3 Å². The van der Waals surface area contributed by atoms with Crippen molar-refractivity contribution >= 4 is 23.3 Å². The number of aryl methyl sites for hydroxylation is 1. The highest BCUT2D eigenvalue weighted by Gasteiger charge is 2.20. The lowest BCUT2D eigenvalue weighted by atomic mass is 10.1. The van der Waals surface area contributed by atoms with Gasteiger partial charge in [0, 0.05) is 36.5 Å². The van der Waals surface area contributed by atoms with E-state index in [1.165, 1.54) is 29.5 Å². The Kier molecular flexibility index (Phi) is 6.42. The average molecular weight is 449 g/mol. The van der Waals surface area contributed by atoms with E-state index >= 15 is 0 Å². The van der Waals surface area contributed by atoms with Crippen molar-refractivity contribution in [3.8, 4) is 16.3 Å². The van der Waals surface area contributed by atoms with Gasteiger partial charge in [-0.3, -0.25) is 4.79 Å². The molecule has 0 bridgehead atoms. The molecule has 1 N–H and O–H groups in total. The van der Waals surface area contributed by atoms with Gasteiger partial charge in [0.05, 0.1) is 12.8 Å². The first kappa shape index (κ1) is 21.5. The summed E-state index contributed by atoms with van der Waals surface area (Å²) in [5, 5.41) is 5.62. The smallest absolute Gasteiger partial charge is 0.244 e. The van der Waals surface area contributed by atoms with E-state index in [1.54, 1.807) is 31.5 Å². The Labute approximate surface area is 189 Å². The van der Waals surface area contributed by atoms with Gasteiger partial charge < -0.3 is 14.6 Å². The first-order valence-electron chi connectivity index (χ1n) is 9.84. The molecule has 6 nitrogen and oxygen atoms in total. The van der Waals surface area contributed by atoms with Gasteiger partial charge in [0.15, 0.2) is 0 Å². The molecule has 0 saturated carbocycles. The fraction of sp³-hybridized carbons (Fsp3) is 0.125. The number of hydrogen-bond donors (Lipinski definition) is 1. The summed E-state index contributed by atoms with van der Waals surface area (Å²) < 4.78 is 20.2. The molecule has 0 spiro atoms. The van der Waals surface area contributed by atoms with Crippen LogP contribution in [0.1, 0.15) is 23.1 Å². The molecular weight excluding hydrogens is 427 g/mol. The topological polar surface area (TPSA) is 69.0 Å². The minimum atomic E-state index is -0.428. The molecule has 1 amide bonds. The number of thiazole rings is 1. The van der Waals surface area contributed by atoms with Gasteiger partial charge in [0.1, 0.15) is 28.4 Å². The molecule has 2 heterocycles. The molecule has 0 aliphatic carbocycles. The van der Waals surface area contributed by atoms with Gasteiger partial charge in [-0.1, -0.05) is 12.1 Å². The highest BCUT2D eigenvalue weighted by molar-refractivity contribution is 7.13. The van der Waals surface area contributed by atoms with Gasteiger partial charge in [-0.15, -0.1) is 11.3 Å². The molecule has 1 atom stereocenters. The van der Waals surface area contributed by atoms with Gasteiger partial charge in [-0.2, -0.15) is 0 Å². The van der Waals surface area contributed by atoms with Crippen LogP contribution in [-0.4, -0.2) is 27.6 Å². The predicted octanol–water partition coefficient (Wildman–Crippen LogP) is 4.61. The molecule has 0 saturated heterocycles. The number of methoxy groups -OCH3 is 1. The number of rotatable bonds is 7. The number of imidazole rings is 1. The summed E-state index contributed by atoms with van der Waals surface area (Å²) in [5.41, 5.74) is 2.37. The minimum Gasteiger partial charge on any atom is -0.497 e. The molecule has 0 radical (unpaired) electrons. The number of carbonyl (C=O) groups excluding carboxylic acids is 1. The number of benzene rings is 2. The van der Waals surface area contributed by atoms with Crippen LogP contribution in [0.2, 0.25) is 0 Å². The molecule has 4 rings (SSSR count). The number of nitrogens with zero attached hydrogens (tertiary/aromatic N) is 3. The monoisotopic (exact) mass is 448 g/mol. The maximum absolute atomic E-state index is 13.1. The maximum Gasteiger partial charge on any atom is 0.244 e. The molecule has 162 valence electrons. The zero-order valence-electron chi connectivity index (χ0n) is 17.5. The van der Waals surface area contributed by atoms with Crippen molar-refractivity contribution in [1.29, 1.82) is 0 Å². The van der Waals surface area contributed by atoms with Crippen LogP contribution in [0, 0.1) is 5.82 Å². The molecule has 0 fully saturated rings. The zero-order chi connectivity index (χ0) is 22.5. The van der Waals surface area contributed by atoms with Gasteiger partial charge >= 0.3 is 0 Å². The van der Waals surface area contributed by atoms with Crippen LogP contribution in [0.15, 0.2) is 72.4 Å². The van der Waals surface area contributed by atoms with Crippen molar-refractivity contribution in [3.63, 3.8) is 0 Å². The van der Waals surface area contributed by atoms with Crippen LogP contribution in [0.5, 0.6) is 5.75 Å². The molecule has 32 heavy (non-hydrogen) atoms. The number of ether oxygens (including phenoxy) is 1. The van der Waals surface area contributed by atoms with Crippen LogP contribution in [0.4, 0.5) is 4.39 Å². The minimum absolute atomic E-state index is 0.273. The standard InChI is InChI=1S/C24H21FN4O2S/c1-29-14-13-26-23(29)22(16-5-10-20(31-2)11-6-16)28-21(30)12-9-19-15-32-24(27-19)17-3-7-18(25)8-4-17/h3-15,22H,1-2H3,(H,28,30)/b12-9+. The Morgan fingerprint density at radius 3 is 2.59 bits per heavy atom. The highest BCUT2D eigenvalue weighted by Crippen LogP contribution is 2.25. The number of halogens is 1. The molecular formula is C24H21FN4O2S. The lowest BCUT2D eigenvalue weighted by Gasteiger charge is -2.18. The Balaban J connectivity index is 1.50.